The number of hydrogen-bond acceptors (Lipinski definition) is 6. The predicted octanol–water partition coefficient (Wildman–Crippen LogP) is 1.40. The van der Waals surface area contributed by atoms with Gasteiger partial charge in [0.15, 0.2) is 0 Å². The van der Waals surface area contributed by atoms with Crippen LogP contribution in [0.15, 0.2) is 16.7 Å². The van der Waals surface area contributed by atoms with Gasteiger partial charge in [0.05, 0.1) is 11.4 Å². The van der Waals surface area contributed by atoms with Gasteiger partial charge in [-0.05, 0) is 25.5 Å². The first-order valence-corrected chi connectivity index (χ1v) is 6.99. The average Bonchev–Trinajstić information content (AvgIpc) is 2.92. The summed E-state index contributed by atoms with van der Waals surface area (Å²) in [6.07, 6.45) is 0.702. The Bertz CT molecular complexity index is 667. The Morgan fingerprint density at radius 2 is 2.29 bits per heavy atom. The largest absolute Gasteiger partial charge is 0.369 e. The van der Waals surface area contributed by atoms with Crippen molar-refractivity contribution in [1.82, 2.24) is 20.3 Å². The molecule has 0 saturated carbocycles. The normalized spacial score (nSPS) is 13.9. The van der Waals surface area contributed by atoms with Gasteiger partial charge in [0, 0.05) is 32.1 Å². The molecule has 1 aliphatic rings. The molecule has 0 saturated heterocycles. The van der Waals surface area contributed by atoms with Crippen molar-refractivity contribution in [2.24, 2.45) is 0 Å². The zero-order valence-corrected chi connectivity index (χ0v) is 12.1. The lowest BCUT2D eigenvalue weighted by Crippen LogP contribution is -2.36. The Balaban J connectivity index is 1.79. The summed E-state index contributed by atoms with van der Waals surface area (Å²) >= 11 is 0. The second-order valence-corrected chi connectivity index (χ2v) is 5.04. The van der Waals surface area contributed by atoms with Gasteiger partial charge in [-0.2, -0.15) is 5.10 Å². The maximum absolute atomic E-state index is 12.4. The molecule has 0 radical (unpaired) electrons. The number of amides is 1. The zero-order chi connectivity index (χ0) is 14.8. The number of nitrogens with zero attached hydrogens (tertiary/aromatic N) is 4. The number of aryl methyl sites for hydroxylation is 1. The molecule has 3 heterocycles. The molecule has 0 atom stereocenters. The maximum atomic E-state index is 12.4. The average molecular weight is 287 g/mol. The van der Waals surface area contributed by atoms with Crippen LogP contribution in [0.5, 0.6) is 0 Å². The van der Waals surface area contributed by atoms with Gasteiger partial charge in [-0.1, -0.05) is 5.16 Å². The maximum Gasteiger partial charge on any atom is 0.292 e. The molecule has 1 N–H and O–H groups in total. The molecule has 3 rings (SSSR count). The molecule has 1 amide bonds. The summed E-state index contributed by atoms with van der Waals surface area (Å²) in [5.41, 5.74) is 2.68. The number of hydrogen-bond donors (Lipinski definition) is 1. The lowest BCUT2D eigenvalue weighted by atomic mass is 10.1. The van der Waals surface area contributed by atoms with Gasteiger partial charge in [-0.25, -0.2) is 0 Å². The Kier molecular flexibility index (Phi) is 3.55. The third-order valence-corrected chi connectivity index (χ3v) is 3.42. The van der Waals surface area contributed by atoms with Crippen molar-refractivity contribution in [1.29, 1.82) is 0 Å². The van der Waals surface area contributed by atoms with Crippen LogP contribution in [-0.4, -0.2) is 39.3 Å². The lowest BCUT2D eigenvalue weighted by molar-refractivity contribution is 0.0691. The van der Waals surface area contributed by atoms with Crippen molar-refractivity contribution >= 4 is 11.7 Å². The Morgan fingerprint density at radius 3 is 3.00 bits per heavy atom. The number of nitrogens with one attached hydrogen (secondary N) is 1. The zero-order valence-electron chi connectivity index (χ0n) is 12.1. The minimum Gasteiger partial charge on any atom is -0.369 e. The summed E-state index contributed by atoms with van der Waals surface area (Å²) in [6, 6.07) is 3.61. The van der Waals surface area contributed by atoms with Crippen molar-refractivity contribution in [2.45, 2.75) is 26.8 Å². The van der Waals surface area contributed by atoms with Crippen LogP contribution in [0.3, 0.4) is 0 Å². The molecule has 7 nitrogen and oxygen atoms in total. The fraction of sp³-hybridized carbons (Fsp3) is 0.429. The van der Waals surface area contributed by atoms with Gasteiger partial charge < -0.3 is 14.7 Å². The van der Waals surface area contributed by atoms with Crippen LogP contribution in [0.25, 0.3) is 0 Å². The fourth-order valence-corrected chi connectivity index (χ4v) is 2.39. The van der Waals surface area contributed by atoms with Gasteiger partial charge in [0.2, 0.25) is 5.76 Å². The monoisotopic (exact) mass is 287 g/mol. The third-order valence-electron chi connectivity index (χ3n) is 3.42. The van der Waals surface area contributed by atoms with Crippen LogP contribution in [0.1, 0.15) is 34.4 Å². The van der Waals surface area contributed by atoms with Gasteiger partial charge >= 0.3 is 0 Å². The molecular formula is C14H17N5O2. The smallest absolute Gasteiger partial charge is 0.292 e. The third kappa shape index (κ3) is 2.72. The molecule has 0 aromatic carbocycles. The van der Waals surface area contributed by atoms with E-state index in [0.717, 1.165) is 23.6 Å². The molecule has 2 aromatic heterocycles. The SMILES string of the molecule is CCNc1cc2c(nn1)CCN(C(=O)c1cc(C)no1)C2. The molecule has 0 fully saturated rings. The van der Waals surface area contributed by atoms with Crippen LogP contribution in [0.4, 0.5) is 5.82 Å². The van der Waals surface area contributed by atoms with E-state index in [4.69, 9.17) is 4.52 Å². The van der Waals surface area contributed by atoms with E-state index in [0.29, 0.717) is 25.2 Å². The van der Waals surface area contributed by atoms with Crippen LogP contribution in [0.2, 0.25) is 0 Å². The van der Waals surface area contributed by atoms with Crippen LogP contribution >= 0.6 is 0 Å². The van der Waals surface area contributed by atoms with E-state index < -0.39 is 0 Å². The highest BCUT2D eigenvalue weighted by Gasteiger charge is 2.25. The number of carbonyl (C=O) groups excluding carboxylic acids is 1. The molecule has 0 unspecified atom stereocenters. The first kappa shape index (κ1) is 13.5. The van der Waals surface area contributed by atoms with E-state index >= 15 is 0 Å². The number of aromatic nitrogens is 3. The van der Waals surface area contributed by atoms with Crippen LogP contribution in [0, 0.1) is 6.92 Å². The summed E-state index contributed by atoms with van der Waals surface area (Å²) in [5.74, 6) is 0.883. The highest BCUT2D eigenvalue weighted by atomic mass is 16.5. The highest BCUT2D eigenvalue weighted by Crippen LogP contribution is 2.20. The molecule has 0 aliphatic carbocycles. The van der Waals surface area contributed by atoms with Crippen molar-refractivity contribution < 1.29 is 9.32 Å². The summed E-state index contributed by atoms with van der Waals surface area (Å²) < 4.78 is 5.05. The van der Waals surface area contributed by atoms with Gasteiger partial charge in [0.1, 0.15) is 5.82 Å². The Morgan fingerprint density at radius 1 is 1.43 bits per heavy atom. The number of carbonyl (C=O) groups is 1. The second kappa shape index (κ2) is 5.51. The number of rotatable bonds is 3. The van der Waals surface area contributed by atoms with E-state index in [9.17, 15) is 4.79 Å². The molecule has 0 spiro atoms. The second-order valence-electron chi connectivity index (χ2n) is 5.04. The van der Waals surface area contributed by atoms with Crippen molar-refractivity contribution in [2.75, 3.05) is 18.4 Å². The number of anilines is 1. The van der Waals surface area contributed by atoms with E-state index in [2.05, 4.69) is 20.7 Å². The fourth-order valence-electron chi connectivity index (χ4n) is 2.39. The minimum atomic E-state index is -0.136. The van der Waals surface area contributed by atoms with E-state index in [1.165, 1.54) is 0 Å². The molecular weight excluding hydrogens is 270 g/mol. The first-order chi connectivity index (χ1) is 10.2. The Labute approximate surface area is 122 Å². The van der Waals surface area contributed by atoms with Crippen molar-refractivity contribution in [3.63, 3.8) is 0 Å². The van der Waals surface area contributed by atoms with Gasteiger partial charge in [0.25, 0.3) is 5.91 Å². The van der Waals surface area contributed by atoms with Crippen LogP contribution < -0.4 is 5.32 Å². The summed E-state index contributed by atoms with van der Waals surface area (Å²) in [4.78, 5) is 14.1. The minimum absolute atomic E-state index is 0.136. The predicted molar refractivity (Wildman–Crippen MR) is 75.9 cm³/mol. The molecule has 2 aromatic rings. The summed E-state index contributed by atoms with van der Waals surface area (Å²) in [6.45, 7) is 5.71. The highest BCUT2D eigenvalue weighted by molar-refractivity contribution is 5.91. The summed E-state index contributed by atoms with van der Waals surface area (Å²) in [7, 11) is 0. The first-order valence-electron chi connectivity index (χ1n) is 6.99. The number of fused-ring (bicyclic) bond motifs is 1. The van der Waals surface area contributed by atoms with Crippen LogP contribution in [-0.2, 0) is 13.0 Å². The summed E-state index contributed by atoms with van der Waals surface area (Å²) in [5, 5.41) is 15.2. The topological polar surface area (TPSA) is 84.2 Å². The lowest BCUT2D eigenvalue weighted by Gasteiger charge is -2.27. The van der Waals surface area contributed by atoms with E-state index in [1.807, 2.05) is 13.0 Å². The molecule has 110 valence electrons. The van der Waals surface area contributed by atoms with Gasteiger partial charge in [-0.15, -0.1) is 5.10 Å². The molecule has 0 bridgehead atoms. The van der Waals surface area contributed by atoms with E-state index in [-0.39, 0.29) is 11.7 Å². The van der Waals surface area contributed by atoms with E-state index in [1.54, 1.807) is 17.9 Å². The quantitative estimate of drug-likeness (QED) is 0.918. The van der Waals surface area contributed by atoms with Gasteiger partial charge in [-0.3, -0.25) is 4.79 Å². The standard InChI is InChI=1S/C14H17N5O2/c1-3-15-13-7-10-8-19(5-4-11(10)16-17-13)14(20)12-6-9(2)18-21-12/h6-7H,3-5,8H2,1-2H3,(H,15,17). The molecule has 21 heavy (non-hydrogen) atoms. The van der Waals surface area contributed by atoms with Crippen molar-refractivity contribution in [3.05, 3.63) is 34.8 Å². The Hall–Kier alpha value is -2.44. The van der Waals surface area contributed by atoms with Crippen molar-refractivity contribution in [3.8, 4) is 0 Å². The molecule has 7 heteroatoms. The molecule has 1 aliphatic heterocycles.